The second kappa shape index (κ2) is 5.13. The largest absolute Gasteiger partial charge is 0.271 e. The minimum atomic E-state index is 0.101. The van der Waals surface area contributed by atoms with E-state index in [2.05, 4.69) is 39.5 Å². The van der Waals surface area contributed by atoms with Crippen LogP contribution in [0.4, 0.5) is 0 Å². The van der Waals surface area contributed by atoms with Crippen molar-refractivity contribution in [2.45, 2.75) is 12.5 Å². The van der Waals surface area contributed by atoms with Gasteiger partial charge in [0.05, 0.1) is 17.3 Å². The average Bonchev–Trinajstić information content (AvgIpc) is 3.06. The third kappa shape index (κ3) is 2.28. The fraction of sp³-hybridized carbons (Fsp3) is 0.214. The maximum absolute atomic E-state index is 5.68. The maximum Gasteiger partial charge on any atom is 0.0722 e. The highest BCUT2D eigenvalue weighted by Gasteiger charge is 2.15. The number of thiophene rings is 1. The number of benzene rings is 1. The van der Waals surface area contributed by atoms with Crippen LogP contribution in [-0.2, 0) is 13.5 Å². The molecule has 3 aromatic rings. The van der Waals surface area contributed by atoms with Gasteiger partial charge >= 0.3 is 0 Å². The Morgan fingerprint density at radius 1 is 1.37 bits per heavy atom. The number of aryl methyl sites for hydroxylation is 1. The van der Waals surface area contributed by atoms with Crippen LogP contribution in [0.3, 0.4) is 0 Å². The smallest absolute Gasteiger partial charge is 0.0722 e. The van der Waals surface area contributed by atoms with Crippen LogP contribution >= 0.6 is 11.3 Å². The van der Waals surface area contributed by atoms with E-state index >= 15 is 0 Å². The number of hydrogen-bond acceptors (Lipinski definition) is 4. The van der Waals surface area contributed by atoms with Gasteiger partial charge in [0.1, 0.15) is 0 Å². The second-order valence-corrected chi connectivity index (χ2v) is 5.35. The summed E-state index contributed by atoms with van der Waals surface area (Å²) in [6.07, 6.45) is 0.786. The van der Waals surface area contributed by atoms with Crippen molar-refractivity contribution in [3.8, 4) is 0 Å². The van der Waals surface area contributed by atoms with E-state index in [1.54, 1.807) is 11.3 Å². The van der Waals surface area contributed by atoms with Crippen molar-refractivity contribution in [1.29, 1.82) is 0 Å². The first-order valence-corrected chi connectivity index (χ1v) is 7.12. The van der Waals surface area contributed by atoms with Gasteiger partial charge in [0.2, 0.25) is 0 Å². The average molecular weight is 272 g/mol. The molecule has 0 fully saturated rings. The van der Waals surface area contributed by atoms with Crippen molar-refractivity contribution >= 4 is 22.2 Å². The standard InChI is InChI=1S/C14H16N4S/c1-18-14-5-3-2-4-11(14)13(17-18)8-12(16-15)10-6-7-19-9-10/h2-7,9,12,16H,8,15H2,1H3. The third-order valence-corrected chi connectivity index (χ3v) is 4.08. The summed E-state index contributed by atoms with van der Waals surface area (Å²) in [7, 11) is 1.97. The molecule has 0 aliphatic heterocycles. The molecule has 1 aromatic carbocycles. The highest BCUT2D eigenvalue weighted by molar-refractivity contribution is 7.07. The Labute approximate surface area is 115 Å². The topological polar surface area (TPSA) is 55.9 Å². The first-order chi connectivity index (χ1) is 9.29. The minimum Gasteiger partial charge on any atom is -0.271 e. The van der Waals surface area contributed by atoms with Crippen molar-refractivity contribution < 1.29 is 0 Å². The van der Waals surface area contributed by atoms with Crippen molar-refractivity contribution in [3.63, 3.8) is 0 Å². The van der Waals surface area contributed by atoms with Crippen LogP contribution in [-0.4, -0.2) is 9.78 Å². The van der Waals surface area contributed by atoms with Gasteiger partial charge in [-0.25, -0.2) is 0 Å². The lowest BCUT2D eigenvalue weighted by Crippen LogP contribution is -2.29. The lowest BCUT2D eigenvalue weighted by atomic mass is 10.0. The van der Waals surface area contributed by atoms with Crippen molar-refractivity contribution in [2.24, 2.45) is 12.9 Å². The number of aromatic nitrogens is 2. The van der Waals surface area contributed by atoms with Gasteiger partial charge in [-0.3, -0.25) is 16.0 Å². The van der Waals surface area contributed by atoms with Crippen LogP contribution in [0.15, 0.2) is 41.1 Å². The molecule has 1 unspecified atom stereocenters. The summed E-state index contributed by atoms with van der Waals surface area (Å²) in [5.74, 6) is 5.68. The van der Waals surface area contributed by atoms with E-state index in [4.69, 9.17) is 5.84 Å². The van der Waals surface area contributed by atoms with Gasteiger partial charge in [-0.1, -0.05) is 18.2 Å². The molecule has 2 heterocycles. The van der Waals surface area contributed by atoms with Gasteiger partial charge in [0.25, 0.3) is 0 Å². The van der Waals surface area contributed by atoms with E-state index in [0.717, 1.165) is 17.6 Å². The molecule has 3 rings (SSSR count). The van der Waals surface area contributed by atoms with Crippen molar-refractivity contribution in [1.82, 2.24) is 15.2 Å². The molecule has 4 nitrogen and oxygen atoms in total. The molecular formula is C14H16N4S. The second-order valence-electron chi connectivity index (χ2n) is 4.57. The first kappa shape index (κ1) is 12.3. The minimum absolute atomic E-state index is 0.101. The van der Waals surface area contributed by atoms with Gasteiger partial charge in [-0.05, 0) is 28.5 Å². The summed E-state index contributed by atoms with van der Waals surface area (Å²) in [5.41, 5.74) is 6.32. The fourth-order valence-electron chi connectivity index (χ4n) is 2.38. The number of para-hydroxylation sites is 1. The van der Waals surface area contributed by atoms with E-state index in [9.17, 15) is 0 Å². The Hall–Kier alpha value is -1.69. The molecule has 98 valence electrons. The SMILES string of the molecule is Cn1nc(CC(NN)c2ccsc2)c2ccccc21. The molecule has 5 heteroatoms. The summed E-state index contributed by atoms with van der Waals surface area (Å²) in [5, 5.41) is 9.99. The summed E-state index contributed by atoms with van der Waals surface area (Å²) in [4.78, 5) is 0. The van der Waals surface area contributed by atoms with E-state index in [0.29, 0.717) is 0 Å². The van der Waals surface area contributed by atoms with Crippen LogP contribution in [0.1, 0.15) is 17.3 Å². The molecule has 0 aliphatic rings. The molecule has 0 amide bonds. The highest BCUT2D eigenvalue weighted by atomic mass is 32.1. The molecule has 19 heavy (non-hydrogen) atoms. The van der Waals surface area contributed by atoms with E-state index < -0.39 is 0 Å². The Morgan fingerprint density at radius 2 is 2.21 bits per heavy atom. The predicted molar refractivity (Wildman–Crippen MR) is 78.8 cm³/mol. The van der Waals surface area contributed by atoms with Gasteiger partial charge in [-0.2, -0.15) is 16.4 Å². The molecule has 0 aliphatic carbocycles. The Bertz CT molecular complexity index is 672. The monoisotopic (exact) mass is 272 g/mol. The highest BCUT2D eigenvalue weighted by Crippen LogP contribution is 2.24. The van der Waals surface area contributed by atoms with E-state index in [-0.39, 0.29) is 6.04 Å². The fourth-order valence-corrected chi connectivity index (χ4v) is 3.09. The van der Waals surface area contributed by atoms with Gasteiger partial charge in [-0.15, -0.1) is 0 Å². The van der Waals surface area contributed by atoms with Crippen LogP contribution < -0.4 is 11.3 Å². The Morgan fingerprint density at radius 3 is 2.95 bits per heavy atom. The Kier molecular flexibility index (Phi) is 3.33. The molecule has 0 bridgehead atoms. The van der Waals surface area contributed by atoms with E-state index in [1.165, 1.54) is 10.9 Å². The number of hydrazine groups is 1. The molecule has 0 saturated heterocycles. The van der Waals surface area contributed by atoms with E-state index in [1.807, 2.05) is 23.9 Å². The van der Waals surface area contributed by atoms with Gasteiger partial charge in [0.15, 0.2) is 0 Å². The first-order valence-electron chi connectivity index (χ1n) is 6.18. The van der Waals surface area contributed by atoms with Crippen molar-refractivity contribution in [2.75, 3.05) is 0 Å². The normalized spacial score (nSPS) is 12.9. The molecule has 1 atom stereocenters. The molecule has 0 spiro atoms. The number of fused-ring (bicyclic) bond motifs is 1. The number of nitrogens with one attached hydrogen (secondary N) is 1. The summed E-state index contributed by atoms with van der Waals surface area (Å²) in [6.45, 7) is 0. The Balaban J connectivity index is 1.97. The maximum atomic E-state index is 5.68. The van der Waals surface area contributed by atoms with Crippen LogP contribution in [0.2, 0.25) is 0 Å². The summed E-state index contributed by atoms with van der Waals surface area (Å²) < 4.78 is 1.92. The zero-order chi connectivity index (χ0) is 13.2. The van der Waals surface area contributed by atoms with Gasteiger partial charge < -0.3 is 0 Å². The summed E-state index contributed by atoms with van der Waals surface area (Å²) >= 11 is 1.68. The zero-order valence-electron chi connectivity index (χ0n) is 10.7. The number of hydrogen-bond donors (Lipinski definition) is 2. The lowest BCUT2D eigenvalue weighted by Gasteiger charge is -2.13. The number of nitrogens with two attached hydrogens (primary N) is 1. The third-order valence-electron chi connectivity index (χ3n) is 3.38. The summed E-state index contributed by atoms with van der Waals surface area (Å²) in [6, 6.07) is 10.5. The van der Waals surface area contributed by atoms with Gasteiger partial charge in [0, 0.05) is 18.9 Å². The number of rotatable bonds is 4. The molecular weight excluding hydrogens is 256 g/mol. The zero-order valence-corrected chi connectivity index (χ0v) is 11.5. The van der Waals surface area contributed by atoms with Crippen LogP contribution in [0.25, 0.3) is 10.9 Å². The quantitative estimate of drug-likeness (QED) is 0.566. The molecule has 3 N–H and O–H groups in total. The molecule has 2 aromatic heterocycles. The molecule has 0 saturated carbocycles. The predicted octanol–water partition coefficient (Wildman–Crippen LogP) is 2.38. The van der Waals surface area contributed by atoms with Crippen molar-refractivity contribution in [3.05, 3.63) is 52.3 Å². The lowest BCUT2D eigenvalue weighted by molar-refractivity contribution is 0.544. The van der Waals surface area contributed by atoms with Crippen LogP contribution in [0.5, 0.6) is 0 Å². The van der Waals surface area contributed by atoms with Crippen LogP contribution in [0, 0.1) is 0 Å². The number of nitrogens with zero attached hydrogens (tertiary/aromatic N) is 2. The molecule has 0 radical (unpaired) electrons.